The number of nitrogen functional groups attached to an aromatic ring is 1. The third-order valence-corrected chi connectivity index (χ3v) is 5.84. The van der Waals surface area contributed by atoms with Gasteiger partial charge in [0, 0.05) is 61.7 Å². The summed E-state index contributed by atoms with van der Waals surface area (Å²) >= 11 is 0. The zero-order valence-electron chi connectivity index (χ0n) is 19.0. The molecule has 1 aromatic carbocycles. The zero-order chi connectivity index (χ0) is 23.2. The number of rotatable bonds is 6. The van der Waals surface area contributed by atoms with Crippen molar-refractivity contribution in [2.24, 2.45) is 0 Å². The van der Waals surface area contributed by atoms with E-state index in [1.165, 1.54) is 11.8 Å². The lowest BCUT2D eigenvalue weighted by atomic mass is 10.0. The van der Waals surface area contributed by atoms with Crippen LogP contribution in [0.2, 0.25) is 0 Å². The number of benzene rings is 1. The molecule has 0 unspecified atom stereocenters. The highest BCUT2D eigenvalue weighted by Gasteiger charge is 2.16. The molecule has 0 bridgehead atoms. The number of imidazole rings is 1. The molecule has 4 rings (SSSR count). The molecule has 0 amide bonds. The van der Waals surface area contributed by atoms with Gasteiger partial charge in [0.2, 0.25) is 0 Å². The summed E-state index contributed by atoms with van der Waals surface area (Å²) in [7, 11) is 2.16. The van der Waals surface area contributed by atoms with Gasteiger partial charge in [-0.25, -0.2) is 14.4 Å². The number of pyridine rings is 1. The Bertz CT molecular complexity index is 1170. The number of nitrogens with two attached hydrogens (primary N) is 1. The summed E-state index contributed by atoms with van der Waals surface area (Å²) < 4.78 is 14.8. The minimum Gasteiger partial charge on any atom is -0.383 e. The highest BCUT2D eigenvalue weighted by molar-refractivity contribution is 5.79. The third kappa shape index (κ3) is 5.04. The summed E-state index contributed by atoms with van der Waals surface area (Å²) in [4.78, 5) is 13.7. The highest BCUT2D eigenvalue weighted by Crippen LogP contribution is 2.31. The number of aromatic nitrogens is 3. The van der Waals surface area contributed by atoms with E-state index in [0.717, 1.165) is 37.3 Å². The Labute approximate surface area is 194 Å². The van der Waals surface area contributed by atoms with E-state index in [2.05, 4.69) is 51.1 Å². The fourth-order valence-corrected chi connectivity index (χ4v) is 3.93. The molecule has 1 aliphatic rings. The maximum Gasteiger partial charge on any atom is 0.148 e. The molecule has 2 N–H and O–H groups in total. The van der Waals surface area contributed by atoms with Crippen LogP contribution in [0.1, 0.15) is 6.92 Å². The monoisotopic (exact) mass is 444 g/mol. The van der Waals surface area contributed by atoms with E-state index >= 15 is 0 Å². The van der Waals surface area contributed by atoms with Crippen molar-refractivity contribution in [2.75, 3.05) is 43.9 Å². The molecule has 2 aromatic heterocycles. The Morgan fingerprint density at radius 3 is 2.52 bits per heavy atom. The maximum atomic E-state index is 13.0. The smallest absolute Gasteiger partial charge is 0.148 e. The number of nitrogens with zero attached hydrogens (tertiary/aromatic N) is 5. The van der Waals surface area contributed by atoms with E-state index < -0.39 is 0 Å². The van der Waals surface area contributed by atoms with E-state index in [0.29, 0.717) is 29.2 Å². The second kappa shape index (κ2) is 10.3. The molecule has 6 nitrogen and oxygen atoms in total. The van der Waals surface area contributed by atoms with Gasteiger partial charge < -0.3 is 15.5 Å². The van der Waals surface area contributed by atoms with Gasteiger partial charge in [-0.1, -0.05) is 24.3 Å². The van der Waals surface area contributed by atoms with Crippen LogP contribution in [0.15, 0.2) is 79.6 Å². The fraction of sp³-hybridized carbons (Fsp3) is 0.231. The SMILES string of the molecule is C\C=C/C=C(\C=C\F)n1ccnc1-c1cc(-c2ccc(N3CCN(C)CC3)cc2)cnc1N. The van der Waals surface area contributed by atoms with Gasteiger partial charge in [-0.05, 0) is 49.9 Å². The summed E-state index contributed by atoms with van der Waals surface area (Å²) in [6.45, 7) is 6.11. The van der Waals surface area contributed by atoms with Crippen molar-refractivity contribution in [3.05, 3.63) is 79.6 Å². The zero-order valence-corrected chi connectivity index (χ0v) is 19.0. The average molecular weight is 445 g/mol. The van der Waals surface area contributed by atoms with Gasteiger partial charge in [0.25, 0.3) is 0 Å². The minimum absolute atomic E-state index is 0.370. The van der Waals surface area contributed by atoms with Crippen LogP contribution in [0, 0.1) is 0 Å². The maximum absolute atomic E-state index is 13.0. The van der Waals surface area contributed by atoms with Crippen LogP contribution in [-0.2, 0) is 0 Å². The van der Waals surface area contributed by atoms with Crippen molar-refractivity contribution in [1.29, 1.82) is 0 Å². The Morgan fingerprint density at radius 2 is 1.82 bits per heavy atom. The topological polar surface area (TPSA) is 63.2 Å². The summed E-state index contributed by atoms with van der Waals surface area (Å²) in [5, 5.41) is 0. The summed E-state index contributed by atoms with van der Waals surface area (Å²) in [5.74, 6) is 0.972. The molecule has 0 aliphatic carbocycles. The number of piperazine rings is 1. The lowest BCUT2D eigenvalue weighted by Gasteiger charge is -2.34. The van der Waals surface area contributed by atoms with E-state index in [1.54, 1.807) is 23.2 Å². The average Bonchev–Trinajstić information content (AvgIpc) is 3.32. The van der Waals surface area contributed by atoms with Crippen molar-refractivity contribution in [3.63, 3.8) is 0 Å². The largest absolute Gasteiger partial charge is 0.383 e. The molecule has 0 saturated carbocycles. The van der Waals surface area contributed by atoms with Crippen LogP contribution >= 0.6 is 0 Å². The van der Waals surface area contributed by atoms with E-state index in [-0.39, 0.29) is 0 Å². The Hall–Kier alpha value is -3.71. The van der Waals surface area contributed by atoms with Gasteiger partial charge in [-0.3, -0.25) is 4.57 Å². The van der Waals surface area contributed by atoms with Gasteiger partial charge >= 0.3 is 0 Å². The van der Waals surface area contributed by atoms with E-state index in [1.807, 2.05) is 31.2 Å². The first-order chi connectivity index (χ1) is 16.1. The standard InChI is InChI=1S/C26H29FN6/c1-3-4-5-23(10-11-27)33-13-12-29-26(33)24-18-21(19-30-25(24)28)20-6-8-22(9-7-20)32-16-14-31(2)15-17-32/h3-13,18-19H,14-17H2,1-2H3,(H2,28,30)/b4-3-,11-10+,23-5+. The Balaban J connectivity index is 1.65. The van der Waals surface area contributed by atoms with Gasteiger partial charge in [0.1, 0.15) is 11.6 Å². The first-order valence-electron chi connectivity index (χ1n) is 11.0. The van der Waals surface area contributed by atoms with Crippen LogP contribution in [-0.4, -0.2) is 52.7 Å². The third-order valence-electron chi connectivity index (χ3n) is 5.84. The Morgan fingerprint density at radius 1 is 1.06 bits per heavy atom. The highest BCUT2D eigenvalue weighted by atomic mass is 19.1. The fourth-order valence-electron chi connectivity index (χ4n) is 3.93. The Kier molecular flexibility index (Phi) is 7.00. The van der Waals surface area contributed by atoms with Crippen LogP contribution in [0.5, 0.6) is 0 Å². The minimum atomic E-state index is 0.370. The molecule has 3 heterocycles. The van der Waals surface area contributed by atoms with Gasteiger partial charge in [0.05, 0.1) is 11.9 Å². The van der Waals surface area contributed by atoms with Gasteiger partial charge in [-0.2, -0.15) is 0 Å². The number of hydrogen-bond donors (Lipinski definition) is 1. The van der Waals surface area contributed by atoms with E-state index in [4.69, 9.17) is 5.73 Å². The number of halogens is 1. The predicted octanol–water partition coefficient (Wildman–Crippen LogP) is 4.85. The van der Waals surface area contributed by atoms with E-state index in [9.17, 15) is 4.39 Å². The normalized spacial score (nSPS) is 15.7. The molecule has 0 atom stereocenters. The lowest BCUT2D eigenvalue weighted by Crippen LogP contribution is -2.44. The number of allylic oxidation sites excluding steroid dienone is 5. The van der Waals surface area contributed by atoms with Gasteiger partial charge in [-0.15, -0.1) is 0 Å². The summed E-state index contributed by atoms with van der Waals surface area (Å²) in [6.07, 6.45) is 12.7. The molecular weight excluding hydrogens is 415 g/mol. The first kappa shape index (κ1) is 22.5. The van der Waals surface area contributed by atoms with Crippen LogP contribution in [0.25, 0.3) is 28.2 Å². The second-order valence-electron chi connectivity index (χ2n) is 8.02. The van der Waals surface area contributed by atoms with Crippen LogP contribution in [0.3, 0.4) is 0 Å². The van der Waals surface area contributed by atoms with Crippen LogP contribution in [0.4, 0.5) is 15.9 Å². The van der Waals surface area contributed by atoms with Crippen molar-refractivity contribution < 1.29 is 4.39 Å². The van der Waals surface area contributed by atoms with Crippen molar-refractivity contribution in [1.82, 2.24) is 19.4 Å². The molecule has 0 radical (unpaired) electrons. The number of anilines is 2. The first-order valence-corrected chi connectivity index (χ1v) is 11.0. The molecule has 33 heavy (non-hydrogen) atoms. The molecule has 1 fully saturated rings. The molecule has 0 spiro atoms. The van der Waals surface area contributed by atoms with Crippen LogP contribution < -0.4 is 10.6 Å². The molecule has 170 valence electrons. The number of likely N-dealkylation sites (N-methyl/N-ethyl adjacent to an activating group) is 1. The molecular formula is C26H29FN6. The van der Waals surface area contributed by atoms with Crippen molar-refractivity contribution in [3.8, 4) is 22.5 Å². The molecule has 1 aliphatic heterocycles. The van der Waals surface area contributed by atoms with Crippen molar-refractivity contribution in [2.45, 2.75) is 6.92 Å². The quantitative estimate of drug-likeness (QED) is 0.551. The molecule has 7 heteroatoms. The van der Waals surface area contributed by atoms with Crippen molar-refractivity contribution >= 4 is 17.2 Å². The molecule has 3 aromatic rings. The second-order valence-corrected chi connectivity index (χ2v) is 8.02. The molecule has 1 saturated heterocycles. The predicted molar refractivity (Wildman–Crippen MR) is 134 cm³/mol. The lowest BCUT2D eigenvalue weighted by molar-refractivity contribution is 0.313. The summed E-state index contributed by atoms with van der Waals surface area (Å²) in [5.41, 5.74) is 10.8. The van der Waals surface area contributed by atoms with Gasteiger partial charge in [0.15, 0.2) is 0 Å². The summed E-state index contributed by atoms with van der Waals surface area (Å²) in [6, 6.07) is 10.5. The number of hydrogen-bond acceptors (Lipinski definition) is 5.